The fourth-order valence-electron chi connectivity index (χ4n) is 2.05. The number of benzene rings is 1. The van der Waals surface area contributed by atoms with Gasteiger partial charge in [0.05, 0.1) is 0 Å². The molecule has 0 fully saturated rings. The average molecular weight is 249 g/mol. The van der Waals surface area contributed by atoms with E-state index in [0.717, 1.165) is 6.54 Å². The molecule has 1 aromatic carbocycles. The summed E-state index contributed by atoms with van der Waals surface area (Å²) in [6, 6.07) is 8.73. The van der Waals surface area contributed by atoms with E-state index >= 15 is 0 Å². The number of hydrogen-bond donors (Lipinski definition) is 1. The van der Waals surface area contributed by atoms with Crippen LogP contribution in [0.3, 0.4) is 0 Å². The third-order valence-corrected chi connectivity index (χ3v) is 3.69. The van der Waals surface area contributed by atoms with Crippen LogP contribution in [0, 0.1) is 11.8 Å². The number of hydrogen-bond acceptors (Lipinski definition) is 2. The third kappa shape index (κ3) is 4.02. The Kier molecular flexibility index (Phi) is 5.67. The van der Waals surface area contributed by atoms with Gasteiger partial charge in [0, 0.05) is 31.8 Å². The highest BCUT2D eigenvalue weighted by molar-refractivity contribution is 5.47. The van der Waals surface area contributed by atoms with Gasteiger partial charge in [-0.25, -0.2) is 0 Å². The first kappa shape index (κ1) is 15.0. The zero-order valence-electron chi connectivity index (χ0n) is 12.4. The van der Waals surface area contributed by atoms with Gasteiger partial charge in [-0.3, -0.25) is 0 Å². The molecule has 0 saturated heterocycles. The first-order valence-electron chi connectivity index (χ1n) is 6.87. The van der Waals surface area contributed by atoms with Crippen LogP contribution < -0.4 is 4.90 Å². The summed E-state index contributed by atoms with van der Waals surface area (Å²) in [7, 11) is 2.09. The van der Waals surface area contributed by atoms with Crippen molar-refractivity contribution in [2.45, 2.75) is 33.6 Å². The summed E-state index contributed by atoms with van der Waals surface area (Å²) >= 11 is 0. The second kappa shape index (κ2) is 6.79. The van der Waals surface area contributed by atoms with Crippen molar-refractivity contribution in [3.8, 4) is 0 Å². The minimum absolute atomic E-state index is 0.256. The summed E-state index contributed by atoms with van der Waals surface area (Å²) in [6.07, 6.45) is 0. The molecule has 1 atom stereocenters. The molecular formula is C16H27NO. The maximum atomic E-state index is 9.38. The molecule has 0 aromatic heterocycles. The lowest BCUT2D eigenvalue weighted by Crippen LogP contribution is -2.30. The lowest BCUT2D eigenvalue weighted by molar-refractivity contribution is 0.193. The van der Waals surface area contributed by atoms with E-state index in [4.69, 9.17) is 0 Å². The van der Waals surface area contributed by atoms with Gasteiger partial charge in [0.1, 0.15) is 0 Å². The Morgan fingerprint density at radius 2 is 1.61 bits per heavy atom. The van der Waals surface area contributed by atoms with Crippen LogP contribution in [0.15, 0.2) is 24.3 Å². The van der Waals surface area contributed by atoms with Gasteiger partial charge in [0.2, 0.25) is 0 Å². The molecule has 1 rings (SSSR count). The highest BCUT2D eigenvalue weighted by atomic mass is 16.3. The lowest BCUT2D eigenvalue weighted by Gasteiger charge is -2.27. The molecule has 0 spiro atoms. The molecule has 0 aliphatic carbocycles. The monoisotopic (exact) mass is 249 g/mol. The summed E-state index contributed by atoms with van der Waals surface area (Å²) in [5.41, 5.74) is 2.59. The number of aliphatic hydroxyl groups is 1. The first-order valence-corrected chi connectivity index (χ1v) is 6.87. The molecular weight excluding hydrogens is 222 g/mol. The number of anilines is 1. The van der Waals surface area contributed by atoms with E-state index in [1.165, 1.54) is 11.3 Å². The van der Waals surface area contributed by atoms with E-state index in [1.54, 1.807) is 0 Å². The molecule has 0 radical (unpaired) electrons. The largest absolute Gasteiger partial charge is 0.396 e. The van der Waals surface area contributed by atoms with Crippen molar-refractivity contribution in [1.82, 2.24) is 0 Å². The van der Waals surface area contributed by atoms with Crippen molar-refractivity contribution in [3.05, 3.63) is 29.8 Å². The molecule has 1 N–H and O–H groups in total. The van der Waals surface area contributed by atoms with Crippen molar-refractivity contribution in [3.63, 3.8) is 0 Å². The molecule has 0 saturated carbocycles. The zero-order chi connectivity index (χ0) is 13.7. The normalized spacial score (nSPS) is 13.1. The van der Waals surface area contributed by atoms with Crippen LogP contribution in [0.4, 0.5) is 5.69 Å². The Morgan fingerprint density at radius 1 is 1.06 bits per heavy atom. The molecule has 1 unspecified atom stereocenters. The van der Waals surface area contributed by atoms with Gasteiger partial charge in [-0.15, -0.1) is 0 Å². The second-order valence-electron chi connectivity index (χ2n) is 5.81. The smallest absolute Gasteiger partial charge is 0.0478 e. The van der Waals surface area contributed by atoms with E-state index in [2.05, 4.69) is 63.9 Å². The minimum Gasteiger partial charge on any atom is -0.396 e. The van der Waals surface area contributed by atoms with Gasteiger partial charge in [0.15, 0.2) is 0 Å². The Morgan fingerprint density at radius 3 is 2.00 bits per heavy atom. The summed E-state index contributed by atoms with van der Waals surface area (Å²) in [6.45, 7) is 9.90. The van der Waals surface area contributed by atoms with Gasteiger partial charge in [-0.05, 0) is 29.5 Å². The molecule has 0 aliphatic rings. The molecule has 2 heteroatoms. The Hall–Kier alpha value is -1.02. The zero-order valence-corrected chi connectivity index (χ0v) is 12.4. The first-order chi connectivity index (χ1) is 8.45. The van der Waals surface area contributed by atoms with Crippen molar-refractivity contribution in [1.29, 1.82) is 0 Å². The standard InChI is InChI=1S/C16H27NO/c1-12(2)14-6-8-16(9-7-14)17(5)10-15(11-18)13(3)4/h6-9,12-13,15,18H,10-11H2,1-5H3. The molecule has 18 heavy (non-hydrogen) atoms. The van der Waals surface area contributed by atoms with Crippen molar-refractivity contribution in [2.24, 2.45) is 11.8 Å². The van der Waals surface area contributed by atoms with Crippen LogP contribution in [0.25, 0.3) is 0 Å². The van der Waals surface area contributed by atoms with E-state index in [1.807, 2.05) is 0 Å². The van der Waals surface area contributed by atoms with Gasteiger partial charge in [0.25, 0.3) is 0 Å². The number of aliphatic hydroxyl groups excluding tert-OH is 1. The van der Waals surface area contributed by atoms with Crippen LogP contribution >= 0.6 is 0 Å². The highest BCUT2D eigenvalue weighted by Gasteiger charge is 2.15. The van der Waals surface area contributed by atoms with E-state index < -0.39 is 0 Å². The molecule has 1 aromatic rings. The van der Waals surface area contributed by atoms with Gasteiger partial charge >= 0.3 is 0 Å². The molecule has 0 heterocycles. The molecule has 2 nitrogen and oxygen atoms in total. The minimum atomic E-state index is 0.256. The maximum Gasteiger partial charge on any atom is 0.0478 e. The predicted molar refractivity (Wildman–Crippen MR) is 79.2 cm³/mol. The van der Waals surface area contributed by atoms with E-state index in [-0.39, 0.29) is 6.61 Å². The quantitative estimate of drug-likeness (QED) is 0.834. The maximum absolute atomic E-state index is 9.38. The van der Waals surface area contributed by atoms with Crippen molar-refractivity contribution >= 4 is 5.69 Å². The van der Waals surface area contributed by atoms with Crippen molar-refractivity contribution < 1.29 is 5.11 Å². The van der Waals surface area contributed by atoms with Crippen LogP contribution in [-0.4, -0.2) is 25.3 Å². The molecule has 0 aliphatic heterocycles. The van der Waals surface area contributed by atoms with Crippen molar-refractivity contribution in [2.75, 3.05) is 25.1 Å². The van der Waals surface area contributed by atoms with E-state index in [0.29, 0.717) is 17.8 Å². The lowest BCUT2D eigenvalue weighted by atomic mass is 9.96. The molecule has 0 bridgehead atoms. The summed E-state index contributed by atoms with van der Waals surface area (Å²) in [5.74, 6) is 1.41. The van der Waals surface area contributed by atoms with Gasteiger partial charge < -0.3 is 10.0 Å². The third-order valence-electron chi connectivity index (χ3n) is 3.69. The summed E-state index contributed by atoms with van der Waals surface area (Å²) in [4.78, 5) is 2.23. The van der Waals surface area contributed by atoms with Gasteiger partial charge in [-0.2, -0.15) is 0 Å². The molecule has 102 valence electrons. The van der Waals surface area contributed by atoms with Crippen LogP contribution in [0.2, 0.25) is 0 Å². The predicted octanol–water partition coefficient (Wildman–Crippen LogP) is 3.51. The SMILES string of the molecule is CC(C)c1ccc(N(C)CC(CO)C(C)C)cc1. The number of rotatable bonds is 6. The second-order valence-corrected chi connectivity index (χ2v) is 5.81. The van der Waals surface area contributed by atoms with Gasteiger partial charge in [-0.1, -0.05) is 39.8 Å². The Labute approximate surface area is 112 Å². The topological polar surface area (TPSA) is 23.5 Å². The summed E-state index contributed by atoms with van der Waals surface area (Å²) in [5, 5.41) is 9.38. The van der Waals surface area contributed by atoms with Crippen LogP contribution in [0.5, 0.6) is 0 Å². The number of nitrogens with zero attached hydrogens (tertiary/aromatic N) is 1. The van der Waals surface area contributed by atoms with E-state index in [9.17, 15) is 5.11 Å². The summed E-state index contributed by atoms with van der Waals surface area (Å²) < 4.78 is 0. The van der Waals surface area contributed by atoms with Crippen LogP contribution in [0.1, 0.15) is 39.2 Å². The van der Waals surface area contributed by atoms with Crippen LogP contribution in [-0.2, 0) is 0 Å². The average Bonchev–Trinajstić information content (AvgIpc) is 2.35. The molecule has 0 amide bonds. The highest BCUT2D eigenvalue weighted by Crippen LogP contribution is 2.21. The Bertz CT molecular complexity index is 343. The fourth-order valence-corrected chi connectivity index (χ4v) is 2.05. The Balaban J connectivity index is 2.69. The fraction of sp³-hybridized carbons (Fsp3) is 0.625.